The summed E-state index contributed by atoms with van der Waals surface area (Å²) in [5.41, 5.74) is 5.78. The number of anilines is 1. The predicted molar refractivity (Wildman–Crippen MR) is 72.8 cm³/mol. The molecule has 0 aliphatic carbocycles. The van der Waals surface area contributed by atoms with Crippen LogP contribution in [0.15, 0.2) is 18.2 Å². The van der Waals surface area contributed by atoms with Crippen LogP contribution in [-0.4, -0.2) is 43.3 Å². The Morgan fingerprint density at radius 2 is 2.15 bits per heavy atom. The molecule has 4 N–H and O–H groups in total. The molecule has 1 aromatic carbocycles. The lowest BCUT2D eigenvalue weighted by Gasteiger charge is -2.17. The van der Waals surface area contributed by atoms with Crippen molar-refractivity contribution < 1.29 is 24.2 Å². The number of carbonyl (C=O) groups excluding carboxylic acids is 1. The van der Waals surface area contributed by atoms with E-state index >= 15 is 0 Å². The lowest BCUT2D eigenvalue weighted by Crippen LogP contribution is -2.38. The number of carbonyl (C=O) groups is 2. The van der Waals surface area contributed by atoms with Crippen molar-refractivity contribution in [1.82, 2.24) is 5.32 Å². The molecule has 1 atom stereocenters. The Hall–Kier alpha value is -2.28. The number of nitrogen functional groups attached to an aromatic ring is 1. The maximum absolute atomic E-state index is 11.7. The van der Waals surface area contributed by atoms with Gasteiger partial charge in [-0.2, -0.15) is 0 Å². The molecule has 0 saturated heterocycles. The van der Waals surface area contributed by atoms with Crippen LogP contribution in [0.4, 0.5) is 5.69 Å². The minimum Gasteiger partial charge on any atom is -0.478 e. The summed E-state index contributed by atoms with van der Waals surface area (Å²) in [5, 5.41) is 11.7. The average molecular weight is 282 g/mol. The third-order valence-corrected chi connectivity index (χ3v) is 2.55. The summed E-state index contributed by atoms with van der Waals surface area (Å²) in [5.74, 6) is -1.55. The molecule has 0 aliphatic rings. The van der Waals surface area contributed by atoms with Gasteiger partial charge in [-0.15, -0.1) is 0 Å². The number of carboxylic acid groups (broad SMARTS) is 1. The number of benzene rings is 1. The molecule has 0 aliphatic heterocycles. The quantitative estimate of drug-likeness (QED) is 0.496. The summed E-state index contributed by atoms with van der Waals surface area (Å²) in [4.78, 5) is 22.8. The molecule has 0 bridgehead atoms. The van der Waals surface area contributed by atoms with Gasteiger partial charge in [-0.25, -0.2) is 4.79 Å². The highest BCUT2D eigenvalue weighted by Crippen LogP contribution is 2.27. The number of amides is 1. The van der Waals surface area contributed by atoms with Crippen molar-refractivity contribution in [3.05, 3.63) is 23.8 Å². The zero-order chi connectivity index (χ0) is 15.1. The van der Waals surface area contributed by atoms with Gasteiger partial charge in [0.25, 0.3) is 5.91 Å². The monoisotopic (exact) mass is 282 g/mol. The van der Waals surface area contributed by atoms with Crippen LogP contribution in [-0.2, 0) is 9.53 Å². The Morgan fingerprint density at radius 3 is 2.75 bits per heavy atom. The van der Waals surface area contributed by atoms with E-state index in [1.54, 1.807) is 0 Å². The van der Waals surface area contributed by atoms with Crippen molar-refractivity contribution in [2.45, 2.75) is 13.0 Å². The second kappa shape index (κ2) is 7.34. The Morgan fingerprint density at radius 1 is 1.45 bits per heavy atom. The van der Waals surface area contributed by atoms with E-state index in [9.17, 15) is 9.59 Å². The fourth-order valence-electron chi connectivity index (χ4n) is 1.51. The molecule has 0 fully saturated rings. The van der Waals surface area contributed by atoms with Gasteiger partial charge in [-0.3, -0.25) is 4.79 Å². The lowest BCUT2D eigenvalue weighted by atomic mass is 10.1. The molecule has 7 heteroatoms. The second-order valence-corrected chi connectivity index (χ2v) is 4.07. The van der Waals surface area contributed by atoms with E-state index in [-0.39, 0.29) is 22.9 Å². The van der Waals surface area contributed by atoms with Crippen molar-refractivity contribution in [3.63, 3.8) is 0 Å². The first-order chi connectivity index (χ1) is 9.47. The first kappa shape index (κ1) is 15.8. The van der Waals surface area contributed by atoms with Gasteiger partial charge in [-0.1, -0.05) is 6.07 Å². The number of rotatable bonds is 7. The van der Waals surface area contributed by atoms with Crippen LogP contribution < -0.4 is 15.8 Å². The Kier molecular flexibility index (Phi) is 5.79. The van der Waals surface area contributed by atoms with Gasteiger partial charge < -0.3 is 25.6 Å². The molecule has 0 aromatic heterocycles. The molecule has 110 valence electrons. The highest BCUT2D eigenvalue weighted by Gasteiger charge is 2.20. The minimum absolute atomic E-state index is 0.00519. The van der Waals surface area contributed by atoms with E-state index in [4.69, 9.17) is 20.3 Å². The number of carboxylic acids is 1. The van der Waals surface area contributed by atoms with Crippen molar-refractivity contribution in [3.8, 4) is 5.75 Å². The fraction of sp³-hybridized carbons (Fsp3) is 0.385. The number of nitrogens with two attached hydrogens (primary N) is 1. The van der Waals surface area contributed by atoms with E-state index in [0.717, 1.165) is 0 Å². The van der Waals surface area contributed by atoms with Gasteiger partial charge in [0.05, 0.1) is 12.3 Å². The minimum atomic E-state index is -1.17. The summed E-state index contributed by atoms with van der Waals surface area (Å²) >= 11 is 0. The smallest absolute Gasteiger partial charge is 0.339 e. The van der Waals surface area contributed by atoms with E-state index in [0.29, 0.717) is 13.2 Å². The molecule has 0 spiro atoms. The molecular formula is C13H18N2O5. The van der Waals surface area contributed by atoms with Crippen LogP contribution in [0.5, 0.6) is 5.75 Å². The van der Waals surface area contributed by atoms with Crippen molar-refractivity contribution in [1.29, 1.82) is 0 Å². The molecule has 7 nitrogen and oxygen atoms in total. The maximum atomic E-state index is 11.7. The van der Waals surface area contributed by atoms with Crippen LogP contribution in [0.1, 0.15) is 17.3 Å². The average Bonchev–Trinajstić information content (AvgIpc) is 2.40. The van der Waals surface area contributed by atoms with Gasteiger partial charge in [0.15, 0.2) is 11.9 Å². The number of aromatic carboxylic acids is 1. The molecule has 1 unspecified atom stereocenters. The van der Waals surface area contributed by atoms with Gasteiger partial charge in [-0.05, 0) is 19.1 Å². The normalized spacial score (nSPS) is 11.7. The number of methoxy groups -OCH3 is 1. The topological polar surface area (TPSA) is 111 Å². The molecule has 1 aromatic rings. The zero-order valence-electron chi connectivity index (χ0n) is 11.4. The van der Waals surface area contributed by atoms with E-state index in [2.05, 4.69) is 5.32 Å². The summed E-state index contributed by atoms with van der Waals surface area (Å²) in [7, 11) is 1.52. The van der Waals surface area contributed by atoms with Crippen LogP contribution in [0.3, 0.4) is 0 Å². The molecular weight excluding hydrogens is 264 g/mol. The highest BCUT2D eigenvalue weighted by molar-refractivity contribution is 5.93. The van der Waals surface area contributed by atoms with Crippen LogP contribution >= 0.6 is 0 Å². The molecule has 1 amide bonds. The number of para-hydroxylation sites is 1. The molecule has 0 radical (unpaired) electrons. The lowest BCUT2D eigenvalue weighted by molar-refractivity contribution is -0.127. The standard InChI is InChI=1S/C13H18N2O5/c1-8(12(16)15-6-7-19-2)20-11-9(13(17)18)4-3-5-10(11)14/h3-5,8H,6-7,14H2,1-2H3,(H,15,16)(H,17,18). The van der Waals surface area contributed by atoms with Gasteiger partial charge in [0.2, 0.25) is 0 Å². The van der Waals surface area contributed by atoms with Crippen molar-refractivity contribution >= 4 is 17.6 Å². The van der Waals surface area contributed by atoms with E-state index in [1.165, 1.54) is 32.2 Å². The largest absolute Gasteiger partial charge is 0.478 e. The zero-order valence-corrected chi connectivity index (χ0v) is 11.4. The first-order valence-corrected chi connectivity index (χ1v) is 6.02. The maximum Gasteiger partial charge on any atom is 0.339 e. The Labute approximate surface area is 116 Å². The number of hydrogen-bond acceptors (Lipinski definition) is 5. The van der Waals surface area contributed by atoms with Crippen LogP contribution in [0.2, 0.25) is 0 Å². The summed E-state index contributed by atoms with van der Waals surface area (Å²) in [6.45, 7) is 2.24. The van der Waals surface area contributed by atoms with Crippen molar-refractivity contribution in [2.24, 2.45) is 0 Å². The second-order valence-electron chi connectivity index (χ2n) is 4.07. The first-order valence-electron chi connectivity index (χ1n) is 6.02. The van der Waals surface area contributed by atoms with Gasteiger partial charge >= 0.3 is 5.97 Å². The van der Waals surface area contributed by atoms with Gasteiger partial charge in [0.1, 0.15) is 5.56 Å². The third-order valence-electron chi connectivity index (χ3n) is 2.55. The van der Waals surface area contributed by atoms with Crippen LogP contribution in [0.25, 0.3) is 0 Å². The van der Waals surface area contributed by atoms with E-state index < -0.39 is 12.1 Å². The van der Waals surface area contributed by atoms with Crippen LogP contribution in [0, 0.1) is 0 Å². The fourth-order valence-corrected chi connectivity index (χ4v) is 1.51. The number of hydrogen-bond donors (Lipinski definition) is 3. The third kappa shape index (κ3) is 4.13. The molecule has 0 saturated carbocycles. The SMILES string of the molecule is COCCNC(=O)C(C)Oc1c(N)cccc1C(=O)O. The summed E-state index contributed by atoms with van der Waals surface area (Å²) < 4.78 is 10.2. The summed E-state index contributed by atoms with van der Waals surface area (Å²) in [6, 6.07) is 4.38. The highest BCUT2D eigenvalue weighted by atomic mass is 16.5. The van der Waals surface area contributed by atoms with Gasteiger partial charge in [0, 0.05) is 13.7 Å². The number of nitrogens with one attached hydrogen (secondary N) is 1. The Bertz CT molecular complexity index is 490. The molecule has 1 rings (SSSR count). The van der Waals surface area contributed by atoms with E-state index in [1.807, 2.05) is 0 Å². The summed E-state index contributed by atoms with van der Waals surface area (Å²) in [6.07, 6.45) is -0.866. The predicted octanol–water partition coefficient (Wildman–Crippen LogP) is 0.497. The molecule has 0 heterocycles. The van der Waals surface area contributed by atoms with Crippen molar-refractivity contribution in [2.75, 3.05) is 26.0 Å². The Balaban J connectivity index is 2.77. The number of ether oxygens (including phenoxy) is 2. The molecule has 20 heavy (non-hydrogen) atoms.